The van der Waals surface area contributed by atoms with Gasteiger partial charge in [0.2, 0.25) is 17.8 Å². The molecule has 1 saturated heterocycles. The van der Waals surface area contributed by atoms with E-state index >= 15 is 0 Å². The lowest BCUT2D eigenvalue weighted by Gasteiger charge is -2.27. The van der Waals surface area contributed by atoms with Crippen molar-refractivity contribution in [1.82, 2.24) is 15.0 Å². The number of nitrogens with zero attached hydrogens (tertiary/aromatic N) is 5. The molecule has 8 nitrogen and oxygen atoms in total. The molecule has 0 saturated carbocycles. The second kappa shape index (κ2) is 9.91. The highest BCUT2D eigenvalue weighted by molar-refractivity contribution is 6.31. The molecule has 0 amide bonds. The van der Waals surface area contributed by atoms with Gasteiger partial charge in [0.25, 0.3) is 0 Å². The number of ether oxygens (including phenoxy) is 1. The Morgan fingerprint density at radius 3 is 2.48 bits per heavy atom. The fourth-order valence-electron chi connectivity index (χ4n) is 2.89. The van der Waals surface area contributed by atoms with Crippen molar-refractivity contribution in [1.29, 1.82) is 0 Å². The topological polar surface area (TPSA) is 87.6 Å². The molecule has 2 aromatic carbocycles. The quantitative estimate of drug-likeness (QED) is 0.415. The number of hydrazone groups is 1. The molecule has 0 aliphatic carbocycles. The molecule has 2 N–H and O–H groups in total. The molecule has 4 rings (SSSR count). The van der Waals surface area contributed by atoms with Crippen molar-refractivity contribution in [2.45, 2.75) is 6.92 Å². The molecule has 1 aliphatic rings. The maximum Gasteiger partial charge on any atom is 0.250 e. The van der Waals surface area contributed by atoms with Crippen LogP contribution in [0.3, 0.4) is 0 Å². The Hall–Kier alpha value is -2.94. The molecule has 0 spiro atoms. The number of rotatable bonds is 6. The highest BCUT2D eigenvalue weighted by atomic mass is 35.5. The van der Waals surface area contributed by atoms with E-state index in [4.69, 9.17) is 27.9 Å². The zero-order chi connectivity index (χ0) is 21.6. The molecule has 0 bridgehead atoms. The standard InChI is InChI=1S/C21H21Cl2N7O/c1-14-2-7-17(12-18(14)23)25-19-26-20(28-21(27-19)30-8-10-31-11-9-30)29-24-13-15-3-5-16(22)6-4-15/h2-7,12-13H,8-11H2,1H3,(H2,25,26,27,28,29)/b24-13+. The van der Waals surface area contributed by atoms with E-state index in [1.165, 1.54) is 0 Å². The SMILES string of the molecule is Cc1ccc(Nc2nc(N/N=C/c3ccc(Cl)cc3)nc(N3CCOCC3)n2)cc1Cl. The Kier molecular flexibility index (Phi) is 6.81. The van der Waals surface area contributed by atoms with Gasteiger partial charge in [0.05, 0.1) is 19.4 Å². The van der Waals surface area contributed by atoms with Gasteiger partial charge in [-0.2, -0.15) is 20.1 Å². The molecular formula is C21H21Cl2N7O. The minimum Gasteiger partial charge on any atom is -0.378 e. The summed E-state index contributed by atoms with van der Waals surface area (Å²) in [4.78, 5) is 15.6. The van der Waals surface area contributed by atoms with Crippen LogP contribution in [0, 0.1) is 6.92 Å². The van der Waals surface area contributed by atoms with E-state index < -0.39 is 0 Å². The molecule has 1 aliphatic heterocycles. The Bertz CT molecular complexity index is 1070. The molecule has 31 heavy (non-hydrogen) atoms. The van der Waals surface area contributed by atoms with Gasteiger partial charge in [0, 0.05) is 28.8 Å². The molecule has 160 valence electrons. The molecule has 0 atom stereocenters. The van der Waals surface area contributed by atoms with Gasteiger partial charge < -0.3 is 15.0 Å². The third-order valence-electron chi connectivity index (χ3n) is 4.59. The van der Waals surface area contributed by atoms with Crippen LogP contribution in [0.15, 0.2) is 47.6 Å². The van der Waals surface area contributed by atoms with E-state index in [-0.39, 0.29) is 0 Å². The highest BCUT2D eigenvalue weighted by Crippen LogP contribution is 2.23. The van der Waals surface area contributed by atoms with Crippen LogP contribution in [0.5, 0.6) is 0 Å². The van der Waals surface area contributed by atoms with E-state index in [1.807, 2.05) is 42.2 Å². The lowest BCUT2D eigenvalue weighted by molar-refractivity contribution is 0.122. The molecule has 3 aromatic rings. The largest absolute Gasteiger partial charge is 0.378 e. The summed E-state index contributed by atoms with van der Waals surface area (Å²) >= 11 is 12.2. The second-order valence-corrected chi connectivity index (χ2v) is 7.74. The fraction of sp³-hybridized carbons (Fsp3) is 0.238. The molecule has 1 fully saturated rings. The van der Waals surface area contributed by atoms with E-state index in [0.717, 1.165) is 16.8 Å². The lowest BCUT2D eigenvalue weighted by atomic mass is 10.2. The van der Waals surface area contributed by atoms with Crippen LogP contribution >= 0.6 is 23.2 Å². The fourth-order valence-corrected chi connectivity index (χ4v) is 3.20. The first-order chi connectivity index (χ1) is 15.1. The third-order valence-corrected chi connectivity index (χ3v) is 5.25. The maximum absolute atomic E-state index is 6.25. The summed E-state index contributed by atoms with van der Waals surface area (Å²) in [5.74, 6) is 1.26. The van der Waals surface area contributed by atoms with Crippen LogP contribution in [0.2, 0.25) is 10.0 Å². The van der Waals surface area contributed by atoms with Gasteiger partial charge in [-0.15, -0.1) is 0 Å². The Morgan fingerprint density at radius 1 is 1.00 bits per heavy atom. The summed E-state index contributed by atoms with van der Waals surface area (Å²) in [7, 11) is 0. The number of halogens is 2. The number of aryl methyl sites for hydroxylation is 1. The summed E-state index contributed by atoms with van der Waals surface area (Å²) in [5, 5.41) is 8.77. The van der Waals surface area contributed by atoms with Crippen LogP contribution in [0.25, 0.3) is 0 Å². The first-order valence-electron chi connectivity index (χ1n) is 9.73. The van der Waals surface area contributed by atoms with E-state index in [1.54, 1.807) is 18.3 Å². The average molecular weight is 458 g/mol. The minimum atomic E-state index is 0.322. The number of morpholine rings is 1. The van der Waals surface area contributed by atoms with Crippen molar-refractivity contribution in [2.24, 2.45) is 5.10 Å². The summed E-state index contributed by atoms with van der Waals surface area (Å²) in [6, 6.07) is 13.0. The molecule has 1 aromatic heterocycles. The lowest BCUT2D eigenvalue weighted by Crippen LogP contribution is -2.37. The Morgan fingerprint density at radius 2 is 1.74 bits per heavy atom. The normalized spacial score (nSPS) is 14.1. The van der Waals surface area contributed by atoms with Crippen molar-refractivity contribution >= 4 is 52.9 Å². The molecular weight excluding hydrogens is 437 g/mol. The van der Waals surface area contributed by atoms with Gasteiger partial charge in [-0.3, -0.25) is 0 Å². The third kappa shape index (κ3) is 5.81. The van der Waals surface area contributed by atoms with Crippen LogP contribution < -0.4 is 15.6 Å². The van der Waals surface area contributed by atoms with Crippen molar-refractivity contribution in [3.8, 4) is 0 Å². The number of aromatic nitrogens is 3. The maximum atomic E-state index is 6.25. The van der Waals surface area contributed by atoms with Gasteiger partial charge in [-0.25, -0.2) is 5.43 Å². The van der Waals surface area contributed by atoms with Crippen molar-refractivity contribution in [3.63, 3.8) is 0 Å². The van der Waals surface area contributed by atoms with Gasteiger partial charge in [-0.05, 0) is 42.3 Å². The number of anilines is 4. The average Bonchev–Trinajstić information content (AvgIpc) is 2.78. The zero-order valence-corrected chi connectivity index (χ0v) is 18.4. The Labute approximate surface area is 190 Å². The first-order valence-corrected chi connectivity index (χ1v) is 10.5. The van der Waals surface area contributed by atoms with Crippen LogP contribution in [0.1, 0.15) is 11.1 Å². The molecule has 0 unspecified atom stereocenters. The second-order valence-electron chi connectivity index (χ2n) is 6.89. The van der Waals surface area contributed by atoms with Crippen LogP contribution in [-0.4, -0.2) is 47.5 Å². The number of nitrogens with one attached hydrogen (secondary N) is 2. The molecule has 0 radical (unpaired) electrons. The van der Waals surface area contributed by atoms with E-state index in [9.17, 15) is 0 Å². The van der Waals surface area contributed by atoms with Crippen molar-refractivity contribution < 1.29 is 4.74 Å². The van der Waals surface area contributed by atoms with Crippen LogP contribution in [0.4, 0.5) is 23.5 Å². The van der Waals surface area contributed by atoms with Crippen molar-refractivity contribution in [3.05, 3.63) is 63.6 Å². The molecule has 10 heteroatoms. The number of hydrogen-bond acceptors (Lipinski definition) is 8. The number of benzene rings is 2. The smallest absolute Gasteiger partial charge is 0.250 e. The summed E-state index contributed by atoms with van der Waals surface area (Å²) < 4.78 is 5.43. The van der Waals surface area contributed by atoms with Gasteiger partial charge in [0.15, 0.2) is 0 Å². The van der Waals surface area contributed by atoms with Crippen LogP contribution in [-0.2, 0) is 4.74 Å². The predicted molar refractivity (Wildman–Crippen MR) is 125 cm³/mol. The van der Waals surface area contributed by atoms with Crippen molar-refractivity contribution in [2.75, 3.05) is 41.9 Å². The van der Waals surface area contributed by atoms with E-state index in [2.05, 4.69) is 30.8 Å². The predicted octanol–water partition coefficient (Wildman–Crippen LogP) is 4.51. The summed E-state index contributed by atoms with van der Waals surface area (Å²) in [6.45, 7) is 4.60. The summed E-state index contributed by atoms with van der Waals surface area (Å²) in [5.41, 5.74) is 5.56. The van der Waals surface area contributed by atoms with E-state index in [0.29, 0.717) is 54.2 Å². The Balaban J connectivity index is 1.57. The van der Waals surface area contributed by atoms with Gasteiger partial charge in [0.1, 0.15) is 0 Å². The monoisotopic (exact) mass is 457 g/mol. The first kappa shape index (κ1) is 21.3. The molecule has 2 heterocycles. The van der Waals surface area contributed by atoms with Gasteiger partial charge >= 0.3 is 0 Å². The van der Waals surface area contributed by atoms with Gasteiger partial charge in [-0.1, -0.05) is 41.4 Å². The highest BCUT2D eigenvalue weighted by Gasteiger charge is 2.17. The minimum absolute atomic E-state index is 0.322. The zero-order valence-electron chi connectivity index (χ0n) is 16.8. The number of hydrogen-bond donors (Lipinski definition) is 2. The summed E-state index contributed by atoms with van der Waals surface area (Å²) in [6.07, 6.45) is 1.67.